The van der Waals surface area contributed by atoms with Crippen LogP contribution in [0.3, 0.4) is 0 Å². The van der Waals surface area contributed by atoms with Crippen LogP contribution >= 0.6 is 0 Å². The van der Waals surface area contributed by atoms with E-state index in [0.29, 0.717) is 11.9 Å². The van der Waals surface area contributed by atoms with Gasteiger partial charge >= 0.3 is 0 Å². The molecule has 0 aliphatic heterocycles. The van der Waals surface area contributed by atoms with Crippen molar-refractivity contribution in [2.24, 2.45) is 16.9 Å². The van der Waals surface area contributed by atoms with Crippen LogP contribution in [0.2, 0.25) is 0 Å². The fourth-order valence-electron chi connectivity index (χ4n) is 2.56. The first-order chi connectivity index (χ1) is 8.22. The van der Waals surface area contributed by atoms with Gasteiger partial charge in [0.25, 0.3) is 0 Å². The summed E-state index contributed by atoms with van der Waals surface area (Å²) in [7, 11) is 0. The summed E-state index contributed by atoms with van der Waals surface area (Å²) in [5.41, 5.74) is 6.17. The standard InChI is InChI=1S/C13H16N4/c1-8-6-9(2)15-13(14-8)17-16-12-7-10-4-3-5-11(10)12/h3-4,6,10-11H,5,7H2,1-2H3,(H,14,15,17)/b16-12+/t10-,11-/m0/s1. The van der Waals surface area contributed by atoms with Gasteiger partial charge in [0, 0.05) is 23.0 Å². The first-order valence-corrected chi connectivity index (χ1v) is 6.04. The Hall–Kier alpha value is -1.71. The summed E-state index contributed by atoms with van der Waals surface area (Å²) in [6, 6.07) is 1.96. The van der Waals surface area contributed by atoms with Crippen molar-refractivity contribution in [3.05, 3.63) is 29.6 Å². The zero-order chi connectivity index (χ0) is 11.8. The number of aryl methyl sites for hydroxylation is 2. The van der Waals surface area contributed by atoms with E-state index in [2.05, 4.69) is 32.6 Å². The van der Waals surface area contributed by atoms with Crippen molar-refractivity contribution in [1.82, 2.24) is 9.97 Å². The molecule has 17 heavy (non-hydrogen) atoms. The van der Waals surface area contributed by atoms with Crippen molar-refractivity contribution in [2.75, 3.05) is 5.43 Å². The molecule has 0 bridgehead atoms. The van der Waals surface area contributed by atoms with Gasteiger partial charge in [0.1, 0.15) is 0 Å². The second kappa shape index (κ2) is 3.95. The Morgan fingerprint density at radius 3 is 2.76 bits per heavy atom. The number of aromatic nitrogens is 2. The lowest BCUT2D eigenvalue weighted by Gasteiger charge is -2.31. The Balaban J connectivity index is 1.70. The van der Waals surface area contributed by atoms with Crippen LogP contribution in [-0.2, 0) is 0 Å². The second-order valence-electron chi connectivity index (χ2n) is 4.83. The Morgan fingerprint density at radius 1 is 1.29 bits per heavy atom. The number of hydrazone groups is 1. The molecule has 0 radical (unpaired) electrons. The summed E-state index contributed by atoms with van der Waals surface area (Å²) < 4.78 is 0. The minimum absolute atomic E-state index is 0.601. The number of nitrogens with one attached hydrogen (secondary N) is 1. The molecule has 0 unspecified atom stereocenters. The molecule has 0 amide bonds. The molecular formula is C13H16N4. The molecular weight excluding hydrogens is 212 g/mol. The van der Waals surface area contributed by atoms with E-state index in [0.717, 1.165) is 30.1 Å². The highest BCUT2D eigenvalue weighted by molar-refractivity contribution is 5.94. The van der Waals surface area contributed by atoms with E-state index in [-0.39, 0.29) is 0 Å². The molecule has 0 aromatic carbocycles. The van der Waals surface area contributed by atoms with E-state index in [1.165, 1.54) is 5.71 Å². The molecule has 1 fully saturated rings. The Bertz CT molecular complexity index is 484. The molecule has 0 spiro atoms. The first-order valence-electron chi connectivity index (χ1n) is 6.04. The molecule has 1 N–H and O–H groups in total. The lowest BCUT2D eigenvalue weighted by Crippen LogP contribution is -2.33. The summed E-state index contributed by atoms with van der Waals surface area (Å²) in [5, 5.41) is 4.43. The Morgan fingerprint density at radius 2 is 2.06 bits per heavy atom. The van der Waals surface area contributed by atoms with Gasteiger partial charge in [0.15, 0.2) is 0 Å². The monoisotopic (exact) mass is 228 g/mol. The minimum atomic E-state index is 0.601. The number of fused-ring (bicyclic) bond motifs is 1. The summed E-state index contributed by atoms with van der Waals surface area (Å²) in [5.74, 6) is 1.97. The fraction of sp³-hybridized carbons (Fsp3) is 0.462. The lowest BCUT2D eigenvalue weighted by molar-refractivity contribution is 0.466. The van der Waals surface area contributed by atoms with Crippen molar-refractivity contribution >= 4 is 11.7 Å². The minimum Gasteiger partial charge on any atom is -0.245 e. The predicted octanol–water partition coefficient (Wildman–Crippen LogP) is 2.46. The van der Waals surface area contributed by atoms with Crippen molar-refractivity contribution in [1.29, 1.82) is 0 Å². The summed E-state index contributed by atoms with van der Waals surface area (Å²) >= 11 is 0. The van der Waals surface area contributed by atoms with Crippen LogP contribution in [0.5, 0.6) is 0 Å². The van der Waals surface area contributed by atoms with Crippen LogP contribution < -0.4 is 5.43 Å². The maximum atomic E-state index is 4.43. The van der Waals surface area contributed by atoms with Gasteiger partial charge in [0.2, 0.25) is 5.95 Å². The number of hydrogen-bond donors (Lipinski definition) is 1. The van der Waals surface area contributed by atoms with E-state index in [9.17, 15) is 0 Å². The average Bonchev–Trinajstić information content (AvgIpc) is 2.59. The van der Waals surface area contributed by atoms with Gasteiger partial charge in [-0.05, 0) is 38.7 Å². The largest absolute Gasteiger partial charge is 0.245 e. The molecule has 4 nitrogen and oxygen atoms in total. The number of allylic oxidation sites excluding steroid dienone is 2. The van der Waals surface area contributed by atoms with Gasteiger partial charge < -0.3 is 0 Å². The molecule has 88 valence electrons. The van der Waals surface area contributed by atoms with Crippen molar-refractivity contribution in [3.63, 3.8) is 0 Å². The molecule has 2 atom stereocenters. The zero-order valence-corrected chi connectivity index (χ0v) is 10.1. The highest BCUT2D eigenvalue weighted by atomic mass is 15.4. The van der Waals surface area contributed by atoms with Crippen LogP contribution in [0, 0.1) is 25.7 Å². The van der Waals surface area contributed by atoms with Gasteiger partial charge in [-0.3, -0.25) is 0 Å². The van der Waals surface area contributed by atoms with Crippen LogP contribution in [0.1, 0.15) is 24.2 Å². The van der Waals surface area contributed by atoms with E-state index in [1.54, 1.807) is 0 Å². The molecule has 0 saturated heterocycles. The van der Waals surface area contributed by atoms with Crippen molar-refractivity contribution in [3.8, 4) is 0 Å². The molecule has 2 aliphatic rings. The quantitative estimate of drug-likeness (QED) is 0.625. The Labute approximate surface area is 101 Å². The summed E-state index contributed by atoms with van der Waals surface area (Å²) in [4.78, 5) is 8.61. The number of rotatable bonds is 2. The van der Waals surface area contributed by atoms with Crippen LogP contribution in [-0.4, -0.2) is 15.7 Å². The molecule has 1 aromatic rings. The van der Waals surface area contributed by atoms with Crippen LogP contribution in [0.15, 0.2) is 23.3 Å². The molecule has 1 heterocycles. The SMILES string of the molecule is Cc1cc(C)nc(N/N=C2\C[C@@H]3C=CC[C@H]23)n1. The van der Waals surface area contributed by atoms with Crippen molar-refractivity contribution < 1.29 is 0 Å². The molecule has 4 heteroatoms. The third-order valence-electron chi connectivity index (χ3n) is 3.44. The molecule has 3 rings (SSSR count). The van der Waals surface area contributed by atoms with E-state index in [4.69, 9.17) is 0 Å². The average molecular weight is 228 g/mol. The topological polar surface area (TPSA) is 50.2 Å². The normalized spacial score (nSPS) is 28.0. The third-order valence-corrected chi connectivity index (χ3v) is 3.44. The van der Waals surface area contributed by atoms with Gasteiger partial charge in [-0.2, -0.15) is 5.10 Å². The number of nitrogens with zero attached hydrogens (tertiary/aromatic N) is 3. The van der Waals surface area contributed by atoms with Gasteiger partial charge in [-0.25, -0.2) is 15.4 Å². The van der Waals surface area contributed by atoms with Crippen molar-refractivity contribution in [2.45, 2.75) is 26.7 Å². The second-order valence-corrected chi connectivity index (χ2v) is 4.83. The van der Waals surface area contributed by atoms with E-state index >= 15 is 0 Å². The van der Waals surface area contributed by atoms with Crippen LogP contribution in [0.4, 0.5) is 5.95 Å². The predicted molar refractivity (Wildman–Crippen MR) is 67.9 cm³/mol. The third kappa shape index (κ3) is 1.95. The maximum absolute atomic E-state index is 4.43. The highest BCUT2D eigenvalue weighted by Gasteiger charge is 2.37. The maximum Gasteiger partial charge on any atom is 0.243 e. The van der Waals surface area contributed by atoms with Gasteiger partial charge in [-0.15, -0.1) is 0 Å². The Kier molecular flexibility index (Phi) is 2.42. The highest BCUT2D eigenvalue weighted by Crippen LogP contribution is 2.40. The molecule has 2 aliphatic carbocycles. The first kappa shape index (κ1) is 10.4. The zero-order valence-electron chi connectivity index (χ0n) is 10.1. The van der Waals surface area contributed by atoms with Crippen LogP contribution in [0.25, 0.3) is 0 Å². The van der Waals surface area contributed by atoms with E-state index in [1.807, 2.05) is 19.9 Å². The van der Waals surface area contributed by atoms with Gasteiger partial charge in [0.05, 0.1) is 0 Å². The number of hydrogen-bond acceptors (Lipinski definition) is 4. The van der Waals surface area contributed by atoms with E-state index < -0.39 is 0 Å². The lowest BCUT2D eigenvalue weighted by atomic mass is 9.74. The molecule has 1 aromatic heterocycles. The molecule has 1 saturated carbocycles. The smallest absolute Gasteiger partial charge is 0.243 e. The summed E-state index contributed by atoms with van der Waals surface area (Å²) in [6.07, 6.45) is 6.78. The number of anilines is 1. The summed E-state index contributed by atoms with van der Waals surface area (Å²) in [6.45, 7) is 3.93. The fourth-order valence-corrected chi connectivity index (χ4v) is 2.56. The van der Waals surface area contributed by atoms with Gasteiger partial charge in [-0.1, -0.05) is 12.2 Å².